The van der Waals surface area contributed by atoms with Crippen molar-refractivity contribution in [3.63, 3.8) is 0 Å². The molecule has 0 aliphatic carbocycles. The van der Waals surface area contributed by atoms with Crippen LogP contribution < -0.4 is 10.6 Å². The van der Waals surface area contributed by atoms with Crippen molar-refractivity contribution in [2.45, 2.75) is 78.3 Å². The molecule has 2 nitrogen and oxygen atoms in total. The van der Waals surface area contributed by atoms with Gasteiger partial charge in [0.2, 0.25) is 0 Å². The predicted molar refractivity (Wildman–Crippen MR) is 74.0 cm³/mol. The molecular formula is C14H32N2. The van der Waals surface area contributed by atoms with Crippen LogP contribution in [0.25, 0.3) is 0 Å². The first-order chi connectivity index (χ1) is 7.39. The summed E-state index contributed by atoms with van der Waals surface area (Å²) in [6.45, 7) is 15.7. The van der Waals surface area contributed by atoms with Gasteiger partial charge in [-0.25, -0.2) is 0 Å². The standard InChI is InChI=1S/C14H32N2/c1-7-14(8-2,9-3)16-12-10-11-15-13(4,5)6/h15-16H,7-12H2,1-6H3. The number of hydrogen-bond donors (Lipinski definition) is 2. The third-order valence-electron chi connectivity index (χ3n) is 3.54. The van der Waals surface area contributed by atoms with Crippen LogP contribution in [0.3, 0.4) is 0 Å². The largest absolute Gasteiger partial charge is 0.312 e. The van der Waals surface area contributed by atoms with Crippen molar-refractivity contribution >= 4 is 0 Å². The molecule has 0 spiro atoms. The SMILES string of the molecule is CCC(CC)(CC)NCCCNC(C)(C)C. The second-order valence-electron chi connectivity index (χ2n) is 5.80. The van der Waals surface area contributed by atoms with Gasteiger partial charge in [-0.2, -0.15) is 0 Å². The van der Waals surface area contributed by atoms with E-state index in [0.29, 0.717) is 5.54 Å². The second kappa shape index (κ2) is 7.29. The van der Waals surface area contributed by atoms with Crippen LogP contribution in [0.15, 0.2) is 0 Å². The minimum Gasteiger partial charge on any atom is -0.312 e. The van der Waals surface area contributed by atoms with E-state index in [9.17, 15) is 0 Å². The monoisotopic (exact) mass is 228 g/mol. The summed E-state index contributed by atoms with van der Waals surface area (Å²) >= 11 is 0. The van der Waals surface area contributed by atoms with E-state index in [-0.39, 0.29) is 5.54 Å². The smallest absolute Gasteiger partial charge is 0.0173 e. The van der Waals surface area contributed by atoms with Gasteiger partial charge in [0.15, 0.2) is 0 Å². The second-order valence-corrected chi connectivity index (χ2v) is 5.80. The highest BCUT2D eigenvalue weighted by Crippen LogP contribution is 2.18. The Kier molecular flexibility index (Phi) is 7.25. The van der Waals surface area contributed by atoms with E-state index in [1.54, 1.807) is 0 Å². The number of hydrogen-bond acceptors (Lipinski definition) is 2. The minimum absolute atomic E-state index is 0.247. The quantitative estimate of drug-likeness (QED) is 0.623. The Labute approximate surface area is 103 Å². The lowest BCUT2D eigenvalue weighted by molar-refractivity contribution is 0.286. The van der Waals surface area contributed by atoms with Crippen LogP contribution in [0.5, 0.6) is 0 Å². The molecule has 16 heavy (non-hydrogen) atoms. The lowest BCUT2D eigenvalue weighted by Gasteiger charge is -2.32. The normalized spacial score (nSPS) is 13.1. The summed E-state index contributed by atoms with van der Waals surface area (Å²) < 4.78 is 0. The maximum absolute atomic E-state index is 3.73. The first kappa shape index (κ1) is 15.9. The molecule has 0 saturated carbocycles. The summed E-state index contributed by atoms with van der Waals surface area (Å²) in [6.07, 6.45) is 4.89. The van der Waals surface area contributed by atoms with E-state index >= 15 is 0 Å². The van der Waals surface area contributed by atoms with Crippen molar-refractivity contribution in [3.05, 3.63) is 0 Å². The molecule has 0 amide bonds. The lowest BCUT2D eigenvalue weighted by atomic mass is 9.90. The average molecular weight is 228 g/mol. The third-order valence-corrected chi connectivity index (χ3v) is 3.54. The molecule has 0 aromatic rings. The minimum atomic E-state index is 0.247. The van der Waals surface area contributed by atoms with Gasteiger partial charge in [-0.15, -0.1) is 0 Å². The van der Waals surface area contributed by atoms with E-state index < -0.39 is 0 Å². The molecule has 0 fully saturated rings. The van der Waals surface area contributed by atoms with E-state index in [4.69, 9.17) is 0 Å². The Morgan fingerprint density at radius 1 is 0.750 bits per heavy atom. The Morgan fingerprint density at radius 2 is 1.19 bits per heavy atom. The molecule has 0 aliphatic heterocycles. The van der Waals surface area contributed by atoms with Crippen LogP contribution in [-0.2, 0) is 0 Å². The Morgan fingerprint density at radius 3 is 1.56 bits per heavy atom. The summed E-state index contributed by atoms with van der Waals surface area (Å²) in [7, 11) is 0. The van der Waals surface area contributed by atoms with Crippen molar-refractivity contribution in [1.29, 1.82) is 0 Å². The fourth-order valence-corrected chi connectivity index (χ4v) is 2.03. The maximum atomic E-state index is 3.73. The van der Waals surface area contributed by atoms with Crippen LogP contribution in [0, 0.1) is 0 Å². The molecule has 0 aromatic carbocycles. The van der Waals surface area contributed by atoms with Crippen molar-refractivity contribution in [2.75, 3.05) is 13.1 Å². The molecule has 0 unspecified atom stereocenters. The van der Waals surface area contributed by atoms with Crippen molar-refractivity contribution in [1.82, 2.24) is 10.6 Å². The molecule has 0 aliphatic rings. The van der Waals surface area contributed by atoms with Crippen molar-refractivity contribution < 1.29 is 0 Å². The van der Waals surface area contributed by atoms with Gasteiger partial charge >= 0.3 is 0 Å². The first-order valence-electron chi connectivity index (χ1n) is 6.89. The Hall–Kier alpha value is -0.0800. The maximum Gasteiger partial charge on any atom is 0.0173 e. The summed E-state index contributed by atoms with van der Waals surface area (Å²) in [5.74, 6) is 0. The van der Waals surface area contributed by atoms with Gasteiger partial charge in [-0.05, 0) is 59.5 Å². The molecule has 0 atom stereocenters. The van der Waals surface area contributed by atoms with E-state index in [2.05, 4.69) is 52.2 Å². The van der Waals surface area contributed by atoms with Gasteiger partial charge in [0.05, 0.1) is 0 Å². The topological polar surface area (TPSA) is 24.1 Å². The highest BCUT2D eigenvalue weighted by Gasteiger charge is 2.22. The molecule has 0 heterocycles. The van der Waals surface area contributed by atoms with Gasteiger partial charge < -0.3 is 10.6 Å². The van der Waals surface area contributed by atoms with Gasteiger partial charge in [-0.3, -0.25) is 0 Å². The van der Waals surface area contributed by atoms with Crippen LogP contribution >= 0.6 is 0 Å². The molecule has 0 saturated heterocycles. The molecule has 0 aromatic heterocycles. The van der Waals surface area contributed by atoms with Crippen molar-refractivity contribution in [3.8, 4) is 0 Å². The Balaban J connectivity index is 3.71. The van der Waals surface area contributed by atoms with Crippen LogP contribution in [0.1, 0.15) is 67.2 Å². The third kappa shape index (κ3) is 6.49. The fraction of sp³-hybridized carbons (Fsp3) is 1.00. The highest BCUT2D eigenvalue weighted by atomic mass is 15.0. The highest BCUT2D eigenvalue weighted by molar-refractivity contribution is 4.83. The molecule has 0 radical (unpaired) electrons. The molecule has 0 bridgehead atoms. The molecule has 2 N–H and O–H groups in total. The average Bonchev–Trinajstić information content (AvgIpc) is 2.23. The summed E-state index contributed by atoms with van der Waals surface area (Å²) in [4.78, 5) is 0. The fourth-order valence-electron chi connectivity index (χ4n) is 2.03. The van der Waals surface area contributed by atoms with Crippen LogP contribution in [-0.4, -0.2) is 24.2 Å². The molecule has 98 valence electrons. The van der Waals surface area contributed by atoms with Crippen LogP contribution in [0.2, 0.25) is 0 Å². The zero-order valence-electron chi connectivity index (χ0n) is 12.2. The van der Waals surface area contributed by atoms with Gasteiger partial charge in [0.1, 0.15) is 0 Å². The van der Waals surface area contributed by atoms with Gasteiger partial charge in [-0.1, -0.05) is 20.8 Å². The molecule has 2 heteroatoms. The lowest BCUT2D eigenvalue weighted by Crippen LogP contribution is -2.45. The zero-order chi connectivity index (χ0) is 12.7. The summed E-state index contributed by atoms with van der Waals surface area (Å²) in [5.41, 5.74) is 0.624. The molecular weight excluding hydrogens is 196 g/mol. The first-order valence-corrected chi connectivity index (χ1v) is 6.89. The van der Waals surface area contributed by atoms with Crippen molar-refractivity contribution in [2.24, 2.45) is 0 Å². The summed E-state index contributed by atoms with van der Waals surface area (Å²) in [5, 5.41) is 7.25. The zero-order valence-corrected chi connectivity index (χ0v) is 12.2. The van der Waals surface area contributed by atoms with Crippen LogP contribution in [0.4, 0.5) is 0 Å². The molecule has 0 rings (SSSR count). The number of nitrogens with one attached hydrogen (secondary N) is 2. The Bertz CT molecular complexity index is 158. The van der Waals surface area contributed by atoms with Gasteiger partial charge in [0, 0.05) is 11.1 Å². The van der Waals surface area contributed by atoms with E-state index in [1.165, 1.54) is 25.7 Å². The summed E-state index contributed by atoms with van der Waals surface area (Å²) in [6, 6.07) is 0. The predicted octanol–water partition coefficient (Wildman–Crippen LogP) is 3.32. The van der Waals surface area contributed by atoms with Gasteiger partial charge in [0.25, 0.3) is 0 Å². The number of rotatable bonds is 8. The van der Waals surface area contributed by atoms with E-state index in [1.807, 2.05) is 0 Å². The van der Waals surface area contributed by atoms with E-state index in [0.717, 1.165) is 13.1 Å².